The molecule has 4 heteroatoms. The number of benzene rings is 1. The molecule has 0 aliphatic heterocycles. The average molecular weight is 243 g/mol. The van der Waals surface area contributed by atoms with Crippen molar-refractivity contribution in [2.75, 3.05) is 0 Å². The third-order valence-corrected chi connectivity index (χ3v) is 3.79. The molecule has 1 aliphatic rings. The highest BCUT2D eigenvalue weighted by atomic mass is 16.1. The summed E-state index contributed by atoms with van der Waals surface area (Å²) in [4.78, 5) is 12.3. The van der Waals surface area contributed by atoms with Gasteiger partial charge in [-0.1, -0.05) is 36.6 Å². The lowest BCUT2D eigenvalue weighted by Crippen LogP contribution is -2.28. The van der Waals surface area contributed by atoms with Gasteiger partial charge in [-0.05, 0) is 30.9 Å². The topological polar surface area (TPSA) is 47.8 Å². The van der Waals surface area contributed by atoms with Gasteiger partial charge in [0, 0.05) is 6.54 Å². The number of hydrogen-bond donors (Lipinski definition) is 0. The monoisotopic (exact) mass is 243 g/mol. The summed E-state index contributed by atoms with van der Waals surface area (Å²) < 4.78 is 1.54. The normalized spacial score (nSPS) is 17.1. The Kier molecular flexibility index (Phi) is 3.09. The van der Waals surface area contributed by atoms with E-state index in [9.17, 15) is 4.79 Å². The molecule has 1 saturated carbocycles. The Morgan fingerprint density at radius 3 is 2.78 bits per heavy atom. The molecule has 0 atom stereocenters. The van der Waals surface area contributed by atoms with Gasteiger partial charge in [-0.3, -0.25) is 4.79 Å². The minimum absolute atomic E-state index is 0.00817. The second kappa shape index (κ2) is 4.88. The fourth-order valence-corrected chi connectivity index (χ4v) is 2.76. The van der Waals surface area contributed by atoms with Gasteiger partial charge < -0.3 is 0 Å². The summed E-state index contributed by atoms with van der Waals surface area (Å²) in [7, 11) is 0. The van der Waals surface area contributed by atoms with Crippen LogP contribution in [0.2, 0.25) is 0 Å². The Labute approximate surface area is 106 Å². The van der Waals surface area contributed by atoms with Gasteiger partial charge in [0.2, 0.25) is 0 Å². The van der Waals surface area contributed by atoms with E-state index in [0.717, 1.165) is 6.54 Å². The Hall–Kier alpha value is -1.71. The zero-order valence-electron chi connectivity index (χ0n) is 10.4. The van der Waals surface area contributed by atoms with Crippen LogP contribution in [-0.4, -0.2) is 15.0 Å². The smallest absolute Gasteiger partial charge is 0.267 e. The Morgan fingerprint density at radius 2 is 1.94 bits per heavy atom. The molecule has 0 radical (unpaired) electrons. The molecule has 94 valence electrons. The molecule has 0 saturated heterocycles. The van der Waals surface area contributed by atoms with Crippen LogP contribution < -0.4 is 5.56 Å². The van der Waals surface area contributed by atoms with Crippen LogP contribution in [0, 0.1) is 5.92 Å². The van der Waals surface area contributed by atoms with E-state index in [-0.39, 0.29) is 5.56 Å². The molecule has 18 heavy (non-hydrogen) atoms. The fourth-order valence-electron chi connectivity index (χ4n) is 2.76. The van der Waals surface area contributed by atoms with E-state index in [1.54, 1.807) is 4.68 Å². The number of fused-ring (bicyclic) bond motifs is 1. The molecule has 0 N–H and O–H groups in total. The lowest BCUT2D eigenvalue weighted by atomic mass is 9.89. The van der Waals surface area contributed by atoms with Crippen LogP contribution in [0.5, 0.6) is 0 Å². The van der Waals surface area contributed by atoms with Crippen molar-refractivity contribution >= 4 is 10.9 Å². The van der Waals surface area contributed by atoms with Crippen molar-refractivity contribution in [1.82, 2.24) is 15.0 Å². The molecule has 1 fully saturated rings. The van der Waals surface area contributed by atoms with Crippen molar-refractivity contribution in [2.24, 2.45) is 5.92 Å². The summed E-state index contributed by atoms with van der Waals surface area (Å²) in [6, 6.07) is 7.40. The average Bonchev–Trinajstić information content (AvgIpc) is 2.43. The van der Waals surface area contributed by atoms with Crippen LogP contribution in [0.4, 0.5) is 0 Å². The fraction of sp³-hybridized carbons (Fsp3) is 0.500. The minimum Gasteiger partial charge on any atom is -0.267 e. The Bertz CT molecular complexity index is 599. The van der Waals surface area contributed by atoms with Crippen LogP contribution in [0.1, 0.15) is 32.1 Å². The van der Waals surface area contributed by atoms with E-state index < -0.39 is 0 Å². The molecule has 1 aliphatic carbocycles. The predicted octanol–water partition coefficient (Wildman–Crippen LogP) is 2.37. The molecule has 0 amide bonds. The van der Waals surface area contributed by atoms with E-state index in [1.165, 1.54) is 32.1 Å². The SMILES string of the molecule is O=c1c2ccccc2nnn1CC1CCCCC1. The quantitative estimate of drug-likeness (QED) is 0.813. The zero-order chi connectivity index (χ0) is 12.4. The van der Waals surface area contributed by atoms with Gasteiger partial charge in [0.15, 0.2) is 0 Å². The zero-order valence-corrected chi connectivity index (χ0v) is 10.4. The maximum Gasteiger partial charge on any atom is 0.277 e. The summed E-state index contributed by atoms with van der Waals surface area (Å²) in [5.41, 5.74) is 0.675. The summed E-state index contributed by atoms with van der Waals surface area (Å²) in [5.74, 6) is 0.590. The highest BCUT2D eigenvalue weighted by Gasteiger charge is 2.15. The molecular weight excluding hydrogens is 226 g/mol. The summed E-state index contributed by atoms with van der Waals surface area (Å²) in [6.07, 6.45) is 6.30. The Balaban J connectivity index is 1.92. The van der Waals surface area contributed by atoms with Crippen LogP contribution >= 0.6 is 0 Å². The van der Waals surface area contributed by atoms with E-state index in [0.29, 0.717) is 16.8 Å². The first kappa shape index (κ1) is 11.4. The van der Waals surface area contributed by atoms with E-state index in [4.69, 9.17) is 0 Å². The van der Waals surface area contributed by atoms with Gasteiger partial charge >= 0.3 is 0 Å². The molecule has 0 spiro atoms. The van der Waals surface area contributed by atoms with Gasteiger partial charge in [0.05, 0.1) is 5.39 Å². The van der Waals surface area contributed by atoms with Gasteiger partial charge in [0.25, 0.3) is 5.56 Å². The lowest BCUT2D eigenvalue weighted by molar-refractivity contribution is 0.299. The van der Waals surface area contributed by atoms with Crippen molar-refractivity contribution in [2.45, 2.75) is 38.6 Å². The van der Waals surface area contributed by atoms with E-state index >= 15 is 0 Å². The van der Waals surface area contributed by atoms with Crippen molar-refractivity contribution < 1.29 is 0 Å². The standard InChI is InChI=1S/C14H17N3O/c18-14-12-8-4-5-9-13(12)15-16-17(14)10-11-6-2-1-3-7-11/h4-5,8-9,11H,1-3,6-7,10H2. The third-order valence-electron chi connectivity index (χ3n) is 3.79. The minimum atomic E-state index is -0.00817. The molecule has 0 unspecified atom stereocenters. The highest BCUT2D eigenvalue weighted by Crippen LogP contribution is 2.24. The molecule has 2 aromatic rings. The van der Waals surface area contributed by atoms with Crippen LogP contribution in [0.3, 0.4) is 0 Å². The first-order valence-corrected chi connectivity index (χ1v) is 6.67. The molecule has 3 rings (SSSR count). The van der Waals surface area contributed by atoms with Crippen LogP contribution in [0.25, 0.3) is 10.9 Å². The van der Waals surface area contributed by atoms with Crippen LogP contribution in [-0.2, 0) is 6.54 Å². The maximum atomic E-state index is 12.3. The van der Waals surface area contributed by atoms with Crippen LogP contribution in [0.15, 0.2) is 29.1 Å². The van der Waals surface area contributed by atoms with E-state index in [2.05, 4.69) is 10.3 Å². The molecule has 4 nitrogen and oxygen atoms in total. The Morgan fingerprint density at radius 1 is 1.17 bits per heavy atom. The number of hydrogen-bond acceptors (Lipinski definition) is 3. The molecule has 0 bridgehead atoms. The number of aromatic nitrogens is 3. The van der Waals surface area contributed by atoms with E-state index in [1.807, 2.05) is 24.3 Å². The molecule has 1 aromatic carbocycles. The predicted molar refractivity (Wildman–Crippen MR) is 70.4 cm³/mol. The lowest BCUT2D eigenvalue weighted by Gasteiger charge is -2.21. The van der Waals surface area contributed by atoms with Gasteiger partial charge in [-0.25, -0.2) is 4.68 Å². The van der Waals surface area contributed by atoms with Crippen molar-refractivity contribution in [3.05, 3.63) is 34.6 Å². The van der Waals surface area contributed by atoms with Crippen molar-refractivity contribution in [1.29, 1.82) is 0 Å². The first-order chi connectivity index (χ1) is 8.84. The summed E-state index contributed by atoms with van der Waals surface area (Å²) in [5, 5.41) is 8.84. The number of nitrogens with zero attached hydrogens (tertiary/aromatic N) is 3. The maximum absolute atomic E-state index is 12.3. The van der Waals surface area contributed by atoms with Gasteiger partial charge in [-0.15, -0.1) is 5.10 Å². The molecular formula is C14H17N3O. The largest absolute Gasteiger partial charge is 0.277 e. The summed E-state index contributed by atoms with van der Waals surface area (Å²) >= 11 is 0. The first-order valence-electron chi connectivity index (χ1n) is 6.67. The van der Waals surface area contributed by atoms with Crippen molar-refractivity contribution in [3.63, 3.8) is 0 Å². The molecule has 1 aromatic heterocycles. The summed E-state index contributed by atoms with van der Waals surface area (Å²) in [6.45, 7) is 0.719. The number of rotatable bonds is 2. The highest BCUT2D eigenvalue weighted by molar-refractivity contribution is 5.76. The molecule has 1 heterocycles. The second-order valence-electron chi connectivity index (χ2n) is 5.10. The van der Waals surface area contributed by atoms with Gasteiger partial charge in [-0.2, -0.15) is 0 Å². The van der Waals surface area contributed by atoms with Crippen molar-refractivity contribution in [3.8, 4) is 0 Å². The second-order valence-corrected chi connectivity index (χ2v) is 5.10. The van der Waals surface area contributed by atoms with Gasteiger partial charge in [0.1, 0.15) is 5.52 Å². The third kappa shape index (κ3) is 2.15.